The molecule has 1 aromatic rings. The van der Waals surface area contributed by atoms with E-state index in [1.54, 1.807) is 0 Å². The monoisotopic (exact) mass is 175 g/mol. The molecule has 0 heterocycles. The molecule has 0 unspecified atom stereocenters. The molecule has 13 heavy (non-hydrogen) atoms. The molecule has 1 aromatic carbocycles. The van der Waals surface area contributed by atoms with Crippen LogP contribution in [-0.2, 0) is 11.8 Å². The van der Waals surface area contributed by atoms with Gasteiger partial charge in [-0.2, -0.15) is 0 Å². The summed E-state index contributed by atoms with van der Waals surface area (Å²) in [6, 6.07) is 8.73. The van der Waals surface area contributed by atoms with Crippen LogP contribution in [0.3, 0.4) is 0 Å². The second kappa shape index (κ2) is 3.15. The highest BCUT2D eigenvalue weighted by Gasteiger charge is 2.29. The van der Waals surface area contributed by atoms with Crippen molar-refractivity contribution in [3.05, 3.63) is 35.4 Å². The predicted octanol–water partition coefficient (Wildman–Crippen LogP) is 2.24. The zero-order valence-electron chi connectivity index (χ0n) is 8.22. The lowest BCUT2D eigenvalue weighted by Crippen LogP contribution is -2.35. The first-order chi connectivity index (χ1) is 6.26. The van der Waals surface area contributed by atoms with Gasteiger partial charge in [-0.25, -0.2) is 0 Å². The molecule has 0 radical (unpaired) electrons. The number of aryl methyl sites for hydroxylation is 1. The van der Waals surface area contributed by atoms with Crippen LogP contribution in [0.5, 0.6) is 0 Å². The van der Waals surface area contributed by atoms with Crippen molar-refractivity contribution in [3.63, 3.8) is 0 Å². The van der Waals surface area contributed by atoms with Gasteiger partial charge < -0.3 is 5.73 Å². The standard InChI is InChI=1S/C12H17N/c1-12(9-13)8-4-6-10-5-2-3-7-11(10)12/h2-3,5,7H,4,6,8-9,13H2,1H3/t12-/m0/s1. The Morgan fingerprint density at radius 2 is 2.15 bits per heavy atom. The molecule has 70 valence electrons. The van der Waals surface area contributed by atoms with Gasteiger partial charge in [0.15, 0.2) is 0 Å². The van der Waals surface area contributed by atoms with Crippen LogP contribution in [-0.4, -0.2) is 6.54 Å². The van der Waals surface area contributed by atoms with Crippen molar-refractivity contribution in [2.45, 2.75) is 31.6 Å². The third kappa shape index (κ3) is 1.37. The van der Waals surface area contributed by atoms with Gasteiger partial charge in [0.25, 0.3) is 0 Å². The van der Waals surface area contributed by atoms with Crippen LogP contribution in [0.25, 0.3) is 0 Å². The van der Waals surface area contributed by atoms with Crippen LogP contribution in [0.2, 0.25) is 0 Å². The van der Waals surface area contributed by atoms with Crippen molar-refractivity contribution < 1.29 is 0 Å². The van der Waals surface area contributed by atoms with Gasteiger partial charge in [-0.15, -0.1) is 0 Å². The van der Waals surface area contributed by atoms with E-state index in [4.69, 9.17) is 5.73 Å². The van der Waals surface area contributed by atoms with Gasteiger partial charge in [-0.05, 0) is 30.4 Å². The molecule has 0 saturated heterocycles. The van der Waals surface area contributed by atoms with Crippen molar-refractivity contribution in [3.8, 4) is 0 Å². The fraction of sp³-hybridized carbons (Fsp3) is 0.500. The molecular formula is C12H17N. The molecule has 0 saturated carbocycles. The van der Waals surface area contributed by atoms with Gasteiger partial charge in [0.2, 0.25) is 0 Å². The van der Waals surface area contributed by atoms with Crippen molar-refractivity contribution in [2.24, 2.45) is 5.73 Å². The summed E-state index contributed by atoms with van der Waals surface area (Å²) < 4.78 is 0. The van der Waals surface area contributed by atoms with Crippen LogP contribution in [0.4, 0.5) is 0 Å². The Bertz CT molecular complexity index is 306. The van der Waals surface area contributed by atoms with E-state index in [0.717, 1.165) is 6.54 Å². The van der Waals surface area contributed by atoms with E-state index in [2.05, 4.69) is 31.2 Å². The minimum atomic E-state index is 0.231. The first kappa shape index (κ1) is 8.76. The highest BCUT2D eigenvalue weighted by Crippen LogP contribution is 2.35. The van der Waals surface area contributed by atoms with Crippen molar-refractivity contribution in [1.82, 2.24) is 0 Å². The smallest absolute Gasteiger partial charge is 0.00501 e. The molecule has 0 bridgehead atoms. The van der Waals surface area contributed by atoms with E-state index < -0.39 is 0 Å². The molecule has 0 fully saturated rings. The molecular weight excluding hydrogens is 158 g/mol. The molecule has 1 aliphatic carbocycles. The Labute approximate surface area is 80.0 Å². The van der Waals surface area contributed by atoms with E-state index in [1.807, 2.05) is 0 Å². The quantitative estimate of drug-likeness (QED) is 0.696. The summed E-state index contributed by atoms with van der Waals surface area (Å²) in [6.45, 7) is 3.05. The van der Waals surface area contributed by atoms with E-state index >= 15 is 0 Å². The zero-order chi connectivity index (χ0) is 9.31. The minimum absolute atomic E-state index is 0.231. The molecule has 1 atom stereocenters. The molecule has 1 heteroatoms. The Kier molecular flexibility index (Phi) is 2.12. The topological polar surface area (TPSA) is 26.0 Å². The molecule has 2 rings (SSSR count). The third-order valence-electron chi connectivity index (χ3n) is 3.29. The molecule has 0 aliphatic heterocycles. The lowest BCUT2D eigenvalue weighted by atomic mass is 9.71. The summed E-state index contributed by atoms with van der Waals surface area (Å²) in [5.41, 5.74) is 9.06. The maximum Gasteiger partial charge on any atom is 0.00501 e. The lowest BCUT2D eigenvalue weighted by molar-refractivity contribution is 0.404. The fourth-order valence-corrected chi connectivity index (χ4v) is 2.34. The number of fused-ring (bicyclic) bond motifs is 1. The molecule has 1 nitrogen and oxygen atoms in total. The summed E-state index contributed by atoms with van der Waals surface area (Å²) in [5.74, 6) is 0. The number of hydrogen-bond acceptors (Lipinski definition) is 1. The Balaban J connectivity index is 2.48. The molecule has 0 spiro atoms. The van der Waals surface area contributed by atoms with Crippen LogP contribution in [0.1, 0.15) is 30.9 Å². The predicted molar refractivity (Wildman–Crippen MR) is 55.8 cm³/mol. The average molecular weight is 175 g/mol. The van der Waals surface area contributed by atoms with Crippen LogP contribution in [0, 0.1) is 0 Å². The number of nitrogens with two attached hydrogens (primary N) is 1. The fourth-order valence-electron chi connectivity index (χ4n) is 2.34. The molecule has 2 N–H and O–H groups in total. The van der Waals surface area contributed by atoms with Crippen molar-refractivity contribution in [1.29, 1.82) is 0 Å². The number of hydrogen-bond donors (Lipinski definition) is 1. The number of benzene rings is 1. The highest BCUT2D eigenvalue weighted by molar-refractivity contribution is 5.36. The second-order valence-corrected chi connectivity index (χ2v) is 4.28. The van der Waals surface area contributed by atoms with Crippen molar-refractivity contribution >= 4 is 0 Å². The van der Waals surface area contributed by atoms with E-state index in [-0.39, 0.29) is 5.41 Å². The van der Waals surface area contributed by atoms with E-state index in [9.17, 15) is 0 Å². The third-order valence-corrected chi connectivity index (χ3v) is 3.29. The Morgan fingerprint density at radius 1 is 1.38 bits per heavy atom. The second-order valence-electron chi connectivity index (χ2n) is 4.28. The zero-order valence-corrected chi connectivity index (χ0v) is 8.22. The van der Waals surface area contributed by atoms with Gasteiger partial charge in [0.05, 0.1) is 0 Å². The lowest BCUT2D eigenvalue weighted by Gasteiger charge is -2.34. The van der Waals surface area contributed by atoms with Gasteiger partial charge in [-0.1, -0.05) is 31.2 Å². The average Bonchev–Trinajstić information content (AvgIpc) is 2.19. The summed E-state index contributed by atoms with van der Waals surface area (Å²) in [4.78, 5) is 0. The first-order valence-corrected chi connectivity index (χ1v) is 5.05. The maximum absolute atomic E-state index is 5.85. The van der Waals surface area contributed by atoms with E-state index in [1.165, 1.54) is 30.4 Å². The number of rotatable bonds is 1. The molecule has 0 aromatic heterocycles. The summed E-state index contributed by atoms with van der Waals surface area (Å²) in [7, 11) is 0. The van der Waals surface area contributed by atoms with Crippen LogP contribution in [0.15, 0.2) is 24.3 Å². The van der Waals surface area contributed by atoms with Gasteiger partial charge >= 0.3 is 0 Å². The first-order valence-electron chi connectivity index (χ1n) is 5.05. The summed E-state index contributed by atoms with van der Waals surface area (Å²) in [6.07, 6.45) is 3.75. The van der Waals surface area contributed by atoms with Crippen LogP contribution < -0.4 is 5.73 Å². The van der Waals surface area contributed by atoms with Gasteiger partial charge in [-0.3, -0.25) is 0 Å². The molecule has 1 aliphatic rings. The Hall–Kier alpha value is -0.820. The van der Waals surface area contributed by atoms with Gasteiger partial charge in [0, 0.05) is 12.0 Å². The largest absolute Gasteiger partial charge is 0.330 e. The summed E-state index contributed by atoms with van der Waals surface area (Å²) in [5, 5.41) is 0. The van der Waals surface area contributed by atoms with Gasteiger partial charge in [0.1, 0.15) is 0 Å². The SMILES string of the molecule is C[C@@]1(CN)CCCc2ccccc21. The summed E-state index contributed by atoms with van der Waals surface area (Å²) >= 11 is 0. The minimum Gasteiger partial charge on any atom is -0.330 e. The van der Waals surface area contributed by atoms with Crippen molar-refractivity contribution in [2.75, 3.05) is 6.54 Å². The van der Waals surface area contributed by atoms with E-state index in [0.29, 0.717) is 0 Å². The highest BCUT2D eigenvalue weighted by atomic mass is 14.6. The normalized spacial score (nSPS) is 26.9. The maximum atomic E-state index is 5.85. The van der Waals surface area contributed by atoms with Crippen LogP contribution >= 0.6 is 0 Å². The molecule has 0 amide bonds. The Morgan fingerprint density at radius 3 is 2.92 bits per heavy atom.